The lowest BCUT2D eigenvalue weighted by Gasteiger charge is -2.23. The Morgan fingerprint density at radius 3 is 1.16 bits per heavy atom. The number of hydrogen-bond acceptors (Lipinski definition) is 0. The molecule has 0 nitrogen and oxygen atoms in total. The van der Waals surface area contributed by atoms with Gasteiger partial charge in [-0.1, -0.05) is 143 Å². The van der Waals surface area contributed by atoms with E-state index in [0.717, 1.165) is 11.8 Å². The van der Waals surface area contributed by atoms with Gasteiger partial charge in [-0.15, -0.1) is 0 Å². The lowest BCUT2D eigenvalue weighted by molar-refractivity contribution is 0.372. The van der Waals surface area contributed by atoms with E-state index >= 15 is 0 Å². The summed E-state index contributed by atoms with van der Waals surface area (Å²) in [6.07, 6.45) is 28.5. The fourth-order valence-corrected chi connectivity index (χ4v) is 4.11. The molecule has 0 aliphatic carbocycles. The second-order valence-electron chi connectivity index (χ2n) is 8.40. The molecule has 0 heterocycles. The van der Waals surface area contributed by atoms with Crippen LogP contribution in [0.5, 0.6) is 0 Å². The molecule has 0 saturated heterocycles. The van der Waals surface area contributed by atoms with E-state index in [-0.39, 0.29) is 0 Å². The maximum absolute atomic E-state index is 2.82. The summed E-state index contributed by atoms with van der Waals surface area (Å²) < 4.78 is 0. The zero-order valence-corrected chi connectivity index (χ0v) is 18.5. The molecule has 151 valence electrons. The van der Waals surface area contributed by atoms with Crippen LogP contribution in [0.25, 0.3) is 0 Å². The van der Waals surface area contributed by atoms with Gasteiger partial charge in [0.1, 0.15) is 0 Å². The molecular weight excluding hydrogens is 300 g/mol. The molecule has 0 fully saturated rings. The molecule has 25 heavy (non-hydrogen) atoms. The van der Waals surface area contributed by atoms with E-state index in [1.54, 1.807) is 0 Å². The lowest BCUT2D eigenvalue weighted by atomic mass is 9.82. The number of rotatable bonds is 20. The summed E-state index contributed by atoms with van der Waals surface area (Å²) in [5.74, 6) is 1.80. The van der Waals surface area contributed by atoms with E-state index in [0.29, 0.717) is 0 Å². The van der Waals surface area contributed by atoms with Gasteiger partial charge in [0.25, 0.3) is 0 Å². The second-order valence-corrected chi connectivity index (χ2v) is 8.40. The van der Waals surface area contributed by atoms with E-state index in [1.165, 1.54) is 116 Å². The predicted molar refractivity (Wildman–Crippen MR) is 117 cm³/mol. The summed E-state index contributed by atoms with van der Waals surface area (Å²) in [5.41, 5.74) is 0. The minimum atomic E-state index is 0.897. The first-order valence-electron chi connectivity index (χ1n) is 12.1. The van der Waals surface area contributed by atoms with E-state index in [4.69, 9.17) is 0 Å². The van der Waals surface area contributed by atoms with Crippen molar-refractivity contribution in [2.45, 2.75) is 143 Å². The normalized spacial score (nSPS) is 13.9. The van der Waals surface area contributed by atoms with Crippen molar-refractivity contribution < 1.29 is 0 Å². The molecule has 0 bridgehead atoms. The largest absolute Gasteiger partial charge is 0.0654 e. The Bertz CT molecular complexity index is 232. The zero-order valence-electron chi connectivity index (χ0n) is 18.5. The van der Waals surface area contributed by atoms with Crippen LogP contribution in [0.4, 0.5) is 0 Å². The van der Waals surface area contributed by atoms with Crippen molar-refractivity contribution in [2.24, 2.45) is 11.8 Å². The number of unbranched alkanes of at least 4 members (excludes halogenated alkanes) is 10. The average molecular weight is 352 g/mol. The van der Waals surface area contributed by atoms with Crippen LogP contribution in [0.15, 0.2) is 0 Å². The maximum Gasteiger partial charge on any atom is -0.0324 e. The summed E-state index contributed by atoms with van der Waals surface area (Å²) >= 11 is 0. The minimum absolute atomic E-state index is 0.897. The second kappa shape index (κ2) is 20.3. The Hall–Kier alpha value is 0. The lowest BCUT2D eigenvalue weighted by Crippen LogP contribution is -2.11. The molecule has 0 aliphatic heterocycles. The van der Waals surface area contributed by atoms with Crippen molar-refractivity contribution in [1.82, 2.24) is 0 Å². The van der Waals surface area contributed by atoms with Crippen molar-refractivity contribution in [1.29, 1.82) is 0 Å². The third kappa shape index (κ3) is 17.2. The van der Waals surface area contributed by atoms with Gasteiger partial charge < -0.3 is 0 Å². The Balaban J connectivity index is 4.24. The van der Waals surface area contributed by atoms with Crippen LogP contribution in [-0.2, 0) is 0 Å². The molecular formula is C25H51. The molecule has 0 aromatic rings. The maximum atomic E-state index is 2.82. The summed E-state index contributed by atoms with van der Waals surface area (Å²) in [7, 11) is 0. The van der Waals surface area contributed by atoms with Gasteiger partial charge in [0.2, 0.25) is 0 Å². The van der Waals surface area contributed by atoms with Gasteiger partial charge in [0.05, 0.1) is 0 Å². The fourth-order valence-electron chi connectivity index (χ4n) is 4.11. The first-order chi connectivity index (χ1) is 12.3. The smallest absolute Gasteiger partial charge is 0.0324 e. The van der Waals surface area contributed by atoms with Crippen molar-refractivity contribution in [3.05, 3.63) is 6.42 Å². The van der Waals surface area contributed by atoms with Crippen molar-refractivity contribution in [2.75, 3.05) is 0 Å². The molecule has 1 radical (unpaired) electrons. The Kier molecular flexibility index (Phi) is 20.3. The highest BCUT2D eigenvalue weighted by Gasteiger charge is 2.16. The zero-order chi connectivity index (χ0) is 18.6. The monoisotopic (exact) mass is 351 g/mol. The summed E-state index contributed by atoms with van der Waals surface area (Å²) in [4.78, 5) is 0. The molecule has 0 aromatic heterocycles. The van der Waals surface area contributed by atoms with E-state index in [9.17, 15) is 0 Å². The van der Waals surface area contributed by atoms with Gasteiger partial charge in [0.15, 0.2) is 0 Å². The van der Waals surface area contributed by atoms with E-state index in [1.807, 2.05) is 0 Å². The molecule has 0 amide bonds. The highest BCUT2D eigenvalue weighted by molar-refractivity contribution is 4.84. The van der Waals surface area contributed by atoms with Crippen LogP contribution in [0.3, 0.4) is 0 Å². The third-order valence-corrected chi connectivity index (χ3v) is 5.74. The van der Waals surface area contributed by atoms with E-state index in [2.05, 4.69) is 34.1 Å². The van der Waals surface area contributed by atoms with Gasteiger partial charge in [-0.3, -0.25) is 0 Å². The Labute approximate surface area is 161 Å². The van der Waals surface area contributed by atoms with Gasteiger partial charge in [0, 0.05) is 0 Å². The third-order valence-electron chi connectivity index (χ3n) is 5.74. The summed E-state index contributed by atoms with van der Waals surface area (Å²) in [6.45, 7) is 9.33. The Morgan fingerprint density at radius 1 is 0.400 bits per heavy atom. The minimum Gasteiger partial charge on any atom is -0.0654 e. The average Bonchev–Trinajstić information content (AvgIpc) is 2.61. The van der Waals surface area contributed by atoms with Crippen molar-refractivity contribution >= 4 is 0 Å². The highest BCUT2D eigenvalue weighted by atomic mass is 14.2. The van der Waals surface area contributed by atoms with Gasteiger partial charge in [-0.05, 0) is 18.3 Å². The molecule has 0 saturated carbocycles. The molecule has 0 heteroatoms. The summed E-state index contributed by atoms with van der Waals surface area (Å²) in [6, 6.07) is 0. The predicted octanol–water partition coefficient (Wildman–Crippen LogP) is 9.52. The molecule has 0 N–H and O–H groups in total. The molecule has 0 aliphatic rings. The summed E-state index contributed by atoms with van der Waals surface area (Å²) in [5, 5.41) is 0. The van der Waals surface area contributed by atoms with Crippen LogP contribution in [0.2, 0.25) is 0 Å². The van der Waals surface area contributed by atoms with Crippen molar-refractivity contribution in [3.8, 4) is 0 Å². The van der Waals surface area contributed by atoms with Crippen LogP contribution >= 0.6 is 0 Å². The van der Waals surface area contributed by atoms with Crippen LogP contribution in [0, 0.1) is 18.3 Å². The SMILES string of the molecule is CCCCCCCC([CH]C(CCC)CCCCCC)CCCCCC. The topological polar surface area (TPSA) is 0 Å². The first kappa shape index (κ1) is 25.0. The molecule has 0 rings (SSSR count). The van der Waals surface area contributed by atoms with Gasteiger partial charge in [-0.25, -0.2) is 0 Å². The highest BCUT2D eigenvalue weighted by Crippen LogP contribution is 2.29. The standard InChI is InChI=1S/C25H51/c1-5-9-12-15-18-22-25(21-17-14-11-7-3)23-24(19-8-4)20-16-13-10-6-2/h23-25H,5-22H2,1-4H3. The number of hydrogen-bond donors (Lipinski definition) is 0. The molecule has 2 atom stereocenters. The molecule has 2 unspecified atom stereocenters. The van der Waals surface area contributed by atoms with Crippen molar-refractivity contribution in [3.63, 3.8) is 0 Å². The van der Waals surface area contributed by atoms with Gasteiger partial charge in [-0.2, -0.15) is 0 Å². The van der Waals surface area contributed by atoms with E-state index < -0.39 is 0 Å². The molecule has 0 aromatic carbocycles. The molecule has 0 spiro atoms. The fraction of sp³-hybridized carbons (Fsp3) is 0.960. The van der Waals surface area contributed by atoms with Gasteiger partial charge >= 0.3 is 0 Å². The van der Waals surface area contributed by atoms with Crippen LogP contribution < -0.4 is 0 Å². The Morgan fingerprint density at radius 2 is 0.760 bits per heavy atom. The quantitative estimate of drug-likeness (QED) is 0.191. The van der Waals surface area contributed by atoms with Crippen LogP contribution in [0.1, 0.15) is 143 Å². The first-order valence-corrected chi connectivity index (χ1v) is 12.1. The van der Waals surface area contributed by atoms with Crippen LogP contribution in [-0.4, -0.2) is 0 Å².